The first-order chi connectivity index (χ1) is 9.57. The van der Waals surface area contributed by atoms with Crippen molar-refractivity contribution >= 4 is 21.9 Å². The fourth-order valence-electron chi connectivity index (χ4n) is 3.54. The zero-order valence-electron chi connectivity index (χ0n) is 11.5. The van der Waals surface area contributed by atoms with Crippen LogP contribution in [0.3, 0.4) is 0 Å². The molecule has 110 valence electrons. The Hall–Kier alpha value is -0.870. The van der Waals surface area contributed by atoms with Gasteiger partial charge in [0, 0.05) is 10.7 Å². The van der Waals surface area contributed by atoms with Gasteiger partial charge < -0.3 is 10.2 Å². The molecule has 3 nitrogen and oxygen atoms in total. The smallest absolute Gasteiger partial charge is 0.340 e. The van der Waals surface area contributed by atoms with E-state index < -0.39 is 17.0 Å². The molecule has 0 aliphatic heterocycles. The molecule has 0 saturated heterocycles. The molecule has 0 bridgehead atoms. The summed E-state index contributed by atoms with van der Waals surface area (Å²) in [6.07, 6.45) is 5.27. The van der Waals surface area contributed by atoms with Crippen LogP contribution in [-0.4, -0.2) is 21.5 Å². The first kappa shape index (κ1) is 15.5. The summed E-state index contributed by atoms with van der Waals surface area (Å²) in [5, 5.41) is 21.6. The standard InChI is InChI=1S/C16H21BrO3/c17-12-11-15(9-5-2-6-10-15)16(20,14(18)19)13-7-3-1-4-8-13/h1,3-4,7-8,20H,2,5-6,9-12H2,(H,18,19). The molecule has 2 N–H and O–H groups in total. The Labute approximate surface area is 128 Å². The molecule has 0 spiro atoms. The Morgan fingerprint density at radius 1 is 1.20 bits per heavy atom. The molecule has 1 unspecified atom stereocenters. The zero-order chi connectivity index (χ0) is 14.6. The number of carboxylic acid groups (broad SMARTS) is 1. The molecule has 1 aliphatic rings. The second-order valence-electron chi connectivity index (χ2n) is 5.66. The van der Waals surface area contributed by atoms with E-state index >= 15 is 0 Å². The molecule has 4 heteroatoms. The van der Waals surface area contributed by atoms with Crippen LogP contribution in [0.1, 0.15) is 44.1 Å². The number of benzene rings is 1. The van der Waals surface area contributed by atoms with E-state index in [1.165, 1.54) is 0 Å². The molecule has 0 amide bonds. The van der Waals surface area contributed by atoms with Crippen molar-refractivity contribution < 1.29 is 15.0 Å². The Bertz CT molecular complexity index is 449. The van der Waals surface area contributed by atoms with Gasteiger partial charge in [-0.1, -0.05) is 65.5 Å². The third-order valence-corrected chi connectivity index (χ3v) is 5.05. The Morgan fingerprint density at radius 3 is 2.30 bits per heavy atom. The van der Waals surface area contributed by atoms with Crippen molar-refractivity contribution in [3.63, 3.8) is 0 Å². The minimum atomic E-state index is -1.80. The molecule has 0 aromatic heterocycles. The maximum atomic E-state index is 11.9. The van der Waals surface area contributed by atoms with Gasteiger partial charge in [0.2, 0.25) is 0 Å². The summed E-state index contributed by atoms with van der Waals surface area (Å²) in [6, 6.07) is 8.85. The SMILES string of the molecule is O=C(O)C(O)(c1ccccc1)C1(CCBr)CCCCC1. The number of aliphatic carboxylic acids is 1. The second kappa shape index (κ2) is 6.27. The fourth-order valence-corrected chi connectivity index (χ4v) is 4.30. The molecule has 0 heterocycles. The van der Waals surface area contributed by atoms with Gasteiger partial charge in [0.1, 0.15) is 0 Å². The van der Waals surface area contributed by atoms with E-state index in [0.717, 1.165) is 32.1 Å². The lowest BCUT2D eigenvalue weighted by Crippen LogP contribution is -2.53. The molecule has 0 radical (unpaired) electrons. The van der Waals surface area contributed by atoms with Crippen molar-refractivity contribution in [2.75, 3.05) is 5.33 Å². The summed E-state index contributed by atoms with van der Waals surface area (Å²) in [4.78, 5) is 11.9. The van der Waals surface area contributed by atoms with Crippen LogP contribution in [0.4, 0.5) is 0 Å². The van der Waals surface area contributed by atoms with Crippen LogP contribution in [0, 0.1) is 5.41 Å². The Morgan fingerprint density at radius 2 is 1.80 bits per heavy atom. The monoisotopic (exact) mass is 340 g/mol. The van der Waals surface area contributed by atoms with Crippen molar-refractivity contribution in [3.8, 4) is 0 Å². The number of halogens is 1. The van der Waals surface area contributed by atoms with E-state index in [4.69, 9.17) is 0 Å². The van der Waals surface area contributed by atoms with Crippen LogP contribution in [0.5, 0.6) is 0 Å². The van der Waals surface area contributed by atoms with Gasteiger partial charge in [0.05, 0.1) is 0 Å². The molecule has 1 fully saturated rings. The predicted molar refractivity (Wildman–Crippen MR) is 81.9 cm³/mol. The van der Waals surface area contributed by atoms with Gasteiger partial charge in [-0.05, 0) is 24.8 Å². The van der Waals surface area contributed by atoms with Crippen LogP contribution in [-0.2, 0) is 10.4 Å². The number of hydrogen-bond donors (Lipinski definition) is 2. The molecule has 2 rings (SSSR count). The fraction of sp³-hybridized carbons (Fsp3) is 0.562. The van der Waals surface area contributed by atoms with Crippen molar-refractivity contribution in [3.05, 3.63) is 35.9 Å². The molecule has 1 atom stereocenters. The minimum absolute atomic E-state index is 0.496. The molecule has 1 saturated carbocycles. The van der Waals surface area contributed by atoms with Crippen molar-refractivity contribution in [2.24, 2.45) is 5.41 Å². The van der Waals surface area contributed by atoms with E-state index in [9.17, 15) is 15.0 Å². The summed E-state index contributed by atoms with van der Waals surface area (Å²) in [5.41, 5.74) is -1.89. The van der Waals surface area contributed by atoms with E-state index in [1.807, 2.05) is 6.07 Å². The maximum absolute atomic E-state index is 11.9. The van der Waals surface area contributed by atoms with Crippen molar-refractivity contribution in [2.45, 2.75) is 44.1 Å². The van der Waals surface area contributed by atoms with E-state index in [0.29, 0.717) is 17.3 Å². The highest BCUT2D eigenvalue weighted by Gasteiger charge is 2.56. The van der Waals surface area contributed by atoms with E-state index in [-0.39, 0.29) is 0 Å². The molecule has 20 heavy (non-hydrogen) atoms. The van der Waals surface area contributed by atoms with Gasteiger partial charge in [-0.2, -0.15) is 0 Å². The molecule has 1 aromatic carbocycles. The predicted octanol–water partition coefficient (Wildman–Crippen LogP) is 3.69. The molecule has 1 aliphatic carbocycles. The summed E-state index contributed by atoms with van der Waals surface area (Å²) in [5.74, 6) is -1.13. The van der Waals surface area contributed by atoms with Crippen molar-refractivity contribution in [1.29, 1.82) is 0 Å². The Kier molecular flexibility index (Phi) is 4.86. The number of hydrogen-bond acceptors (Lipinski definition) is 2. The van der Waals surface area contributed by atoms with Gasteiger partial charge >= 0.3 is 5.97 Å². The van der Waals surface area contributed by atoms with Gasteiger partial charge in [-0.25, -0.2) is 4.79 Å². The first-order valence-corrected chi connectivity index (χ1v) is 8.26. The third kappa shape index (κ3) is 2.51. The van der Waals surface area contributed by atoms with E-state index in [1.54, 1.807) is 24.3 Å². The van der Waals surface area contributed by atoms with Crippen molar-refractivity contribution in [1.82, 2.24) is 0 Å². The average Bonchev–Trinajstić information content (AvgIpc) is 2.48. The minimum Gasteiger partial charge on any atom is -0.479 e. The Balaban J connectivity index is 2.52. The van der Waals surface area contributed by atoms with Gasteiger partial charge in [-0.3, -0.25) is 0 Å². The summed E-state index contributed by atoms with van der Waals surface area (Å²) in [6.45, 7) is 0. The van der Waals surface area contributed by atoms with Crippen LogP contribution in [0.15, 0.2) is 30.3 Å². The van der Waals surface area contributed by atoms with E-state index in [2.05, 4.69) is 15.9 Å². The number of carboxylic acids is 1. The lowest BCUT2D eigenvalue weighted by atomic mass is 9.59. The summed E-state index contributed by atoms with van der Waals surface area (Å²) >= 11 is 3.43. The van der Waals surface area contributed by atoms with Gasteiger partial charge in [-0.15, -0.1) is 0 Å². The largest absolute Gasteiger partial charge is 0.479 e. The molecule has 1 aromatic rings. The second-order valence-corrected chi connectivity index (χ2v) is 6.45. The highest BCUT2D eigenvalue weighted by atomic mass is 79.9. The quantitative estimate of drug-likeness (QED) is 0.803. The average molecular weight is 341 g/mol. The lowest BCUT2D eigenvalue weighted by Gasteiger charge is -2.47. The highest BCUT2D eigenvalue weighted by Crippen LogP contribution is 2.52. The maximum Gasteiger partial charge on any atom is 0.340 e. The molecular weight excluding hydrogens is 320 g/mol. The third-order valence-electron chi connectivity index (χ3n) is 4.65. The first-order valence-electron chi connectivity index (χ1n) is 7.14. The lowest BCUT2D eigenvalue weighted by molar-refractivity contribution is -0.183. The van der Waals surface area contributed by atoms with Crippen LogP contribution >= 0.6 is 15.9 Å². The normalized spacial score (nSPS) is 21.1. The number of aliphatic hydroxyl groups is 1. The highest BCUT2D eigenvalue weighted by molar-refractivity contribution is 9.09. The van der Waals surface area contributed by atoms with Crippen LogP contribution in [0.25, 0.3) is 0 Å². The number of rotatable bonds is 5. The van der Waals surface area contributed by atoms with Crippen LogP contribution in [0.2, 0.25) is 0 Å². The van der Waals surface area contributed by atoms with Gasteiger partial charge in [0.25, 0.3) is 0 Å². The summed E-state index contributed by atoms with van der Waals surface area (Å²) < 4.78 is 0. The summed E-state index contributed by atoms with van der Waals surface area (Å²) in [7, 11) is 0. The topological polar surface area (TPSA) is 57.5 Å². The van der Waals surface area contributed by atoms with Gasteiger partial charge in [0.15, 0.2) is 5.60 Å². The molecular formula is C16H21BrO3. The zero-order valence-corrected chi connectivity index (χ0v) is 13.1. The van der Waals surface area contributed by atoms with Crippen LogP contribution < -0.4 is 0 Å². The number of carbonyl (C=O) groups is 1. The number of alkyl halides is 1.